The fourth-order valence-electron chi connectivity index (χ4n) is 3.53. The highest BCUT2D eigenvalue weighted by Gasteiger charge is 2.24. The van der Waals surface area contributed by atoms with Gasteiger partial charge in [-0.1, -0.05) is 42.8 Å². The van der Waals surface area contributed by atoms with E-state index in [0.29, 0.717) is 10.6 Å². The van der Waals surface area contributed by atoms with E-state index >= 15 is 0 Å². The number of H-pyrrole nitrogens is 1. The Hall–Kier alpha value is -3.36. The lowest BCUT2D eigenvalue weighted by Crippen LogP contribution is -2.28. The second-order valence-electron chi connectivity index (χ2n) is 6.54. The number of nitrogens with zero attached hydrogens (tertiary/aromatic N) is 3. The summed E-state index contributed by atoms with van der Waals surface area (Å²) in [5.41, 5.74) is 9.56. The van der Waals surface area contributed by atoms with Crippen molar-refractivity contribution in [3.8, 4) is 6.07 Å². The molecule has 5 nitrogen and oxygen atoms in total. The molecule has 28 heavy (non-hydrogen) atoms. The minimum Gasteiger partial charge on any atom is -0.269 e. The summed E-state index contributed by atoms with van der Waals surface area (Å²) < 4.78 is 2.04. The third kappa shape index (κ3) is 2.98. The molecule has 0 fully saturated rings. The molecule has 0 aliphatic carbocycles. The number of imidazole rings is 1. The summed E-state index contributed by atoms with van der Waals surface area (Å²) in [4.78, 5) is 3.38. The largest absolute Gasteiger partial charge is 0.269 e. The van der Waals surface area contributed by atoms with Crippen molar-refractivity contribution in [2.24, 2.45) is 5.10 Å². The van der Waals surface area contributed by atoms with Gasteiger partial charge in [0.1, 0.15) is 22.7 Å². The second kappa shape index (κ2) is 7.34. The van der Waals surface area contributed by atoms with Gasteiger partial charge in [-0.15, -0.1) is 5.10 Å². The van der Waals surface area contributed by atoms with Gasteiger partial charge in [0.2, 0.25) is 5.65 Å². The maximum Gasteiger partial charge on any atom is 0.253 e. The first-order valence-electron chi connectivity index (χ1n) is 9.06. The Bertz CT molecular complexity index is 1250. The average Bonchev–Trinajstić information content (AvgIpc) is 3.08. The molecule has 2 aromatic carbocycles. The molecule has 2 heterocycles. The van der Waals surface area contributed by atoms with Crippen LogP contribution in [0.4, 0.5) is 5.82 Å². The van der Waals surface area contributed by atoms with Gasteiger partial charge in [0.15, 0.2) is 0 Å². The Labute approximate surface area is 167 Å². The van der Waals surface area contributed by atoms with Crippen molar-refractivity contribution >= 4 is 40.3 Å². The minimum atomic E-state index is 0.653. The number of aromatic amines is 1. The predicted molar refractivity (Wildman–Crippen MR) is 113 cm³/mol. The highest BCUT2D eigenvalue weighted by Crippen LogP contribution is 2.25. The third-order valence-electron chi connectivity index (χ3n) is 4.91. The van der Waals surface area contributed by atoms with E-state index in [1.165, 1.54) is 0 Å². The summed E-state index contributed by atoms with van der Waals surface area (Å²) in [5, 5.41) is 14.9. The molecule has 138 valence electrons. The number of anilines is 1. The van der Waals surface area contributed by atoms with Crippen LogP contribution in [0.2, 0.25) is 5.02 Å². The lowest BCUT2D eigenvalue weighted by atomic mass is 10.0. The molecule has 4 aromatic rings. The zero-order valence-electron chi connectivity index (χ0n) is 15.6. The summed E-state index contributed by atoms with van der Waals surface area (Å²) in [5.74, 6) is 0.858. The van der Waals surface area contributed by atoms with E-state index in [4.69, 9.17) is 11.6 Å². The van der Waals surface area contributed by atoms with Gasteiger partial charge in [0, 0.05) is 10.6 Å². The van der Waals surface area contributed by atoms with Crippen LogP contribution in [0.15, 0.2) is 53.6 Å². The number of pyridine rings is 1. The molecule has 0 radical (unpaired) electrons. The standard InChI is InChI=1S/C22H18ClN5/c1-3-17-14(2)18(12-24)21-26-19-6-4-5-7-20(19)28(21)22(17)27-25-13-15-8-10-16(23)11-9-15/h4-11,13H,3H2,1-2H3,(H,26,27)/p+1. The first-order valence-corrected chi connectivity index (χ1v) is 9.44. The van der Waals surface area contributed by atoms with E-state index in [2.05, 4.69) is 28.5 Å². The molecule has 0 spiro atoms. The molecule has 2 N–H and O–H groups in total. The number of benzene rings is 2. The van der Waals surface area contributed by atoms with Crippen molar-refractivity contribution < 1.29 is 4.40 Å². The van der Waals surface area contributed by atoms with Crippen LogP contribution >= 0.6 is 11.6 Å². The van der Waals surface area contributed by atoms with Crippen LogP contribution in [0.1, 0.15) is 29.2 Å². The molecule has 4 rings (SSSR count). The monoisotopic (exact) mass is 388 g/mol. The van der Waals surface area contributed by atoms with E-state index in [-0.39, 0.29) is 0 Å². The molecular formula is C22H19ClN5+. The molecule has 0 saturated carbocycles. The lowest BCUT2D eigenvalue weighted by molar-refractivity contribution is -0.465. The Balaban J connectivity index is 1.91. The highest BCUT2D eigenvalue weighted by atomic mass is 35.5. The molecule has 2 aromatic heterocycles. The normalized spacial score (nSPS) is 11.4. The van der Waals surface area contributed by atoms with Crippen molar-refractivity contribution in [2.75, 3.05) is 5.43 Å². The van der Waals surface area contributed by atoms with Gasteiger partial charge in [0.25, 0.3) is 5.82 Å². The van der Waals surface area contributed by atoms with Crippen LogP contribution in [0.5, 0.6) is 0 Å². The van der Waals surface area contributed by atoms with E-state index in [1.807, 2.05) is 59.9 Å². The maximum atomic E-state index is 9.76. The number of halogens is 1. The molecule has 0 aliphatic rings. The number of fused-ring (bicyclic) bond motifs is 3. The Morgan fingerprint density at radius 1 is 1.21 bits per heavy atom. The SMILES string of the molecule is CCc1c(C)c(C#N)c2[nH]c3ccccc3[n+]2c1NN=Cc1ccc(Cl)cc1. The van der Waals surface area contributed by atoms with Crippen molar-refractivity contribution in [1.29, 1.82) is 5.26 Å². The van der Waals surface area contributed by atoms with Gasteiger partial charge in [-0.25, -0.2) is 0 Å². The summed E-state index contributed by atoms with van der Waals surface area (Å²) >= 11 is 5.94. The van der Waals surface area contributed by atoms with Gasteiger partial charge >= 0.3 is 0 Å². The zero-order valence-corrected chi connectivity index (χ0v) is 16.4. The number of aromatic nitrogens is 2. The summed E-state index contributed by atoms with van der Waals surface area (Å²) in [6.45, 7) is 4.07. The molecule has 0 amide bonds. The van der Waals surface area contributed by atoms with Gasteiger partial charge in [-0.05, 0) is 48.7 Å². The number of hydrogen-bond donors (Lipinski definition) is 2. The number of hydrazone groups is 1. The maximum absolute atomic E-state index is 9.76. The topological polar surface area (TPSA) is 68.1 Å². The zero-order chi connectivity index (χ0) is 19.7. The summed E-state index contributed by atoms with van der Waals surface area (Å²) in [6, 6.07) is 17.8. The van der Waals surface area contributed by atoms with Gasteiger partial charge in [-0.3, -0.25) is 4.98 Å². The van der Waals surface area contributed by atoms with Crippen LogP contribution in [0.25, 0.3) is 16.7 Å². The molecule has 0 unspecified atom stereocenters. The Morgan fingerprint density at radius 2 is 1.96 bits per heavy atom. The Kier molecular flexibility index (Phi) is 4.72. The Morgan fingerprint density at radius 3 is 2.68 bits per heavy atom. The second-order valence-corrected chi connectivity index (χ2v) is 6.98. The number of rotatable bonds is 4. The van der Waals surface area contributed by atoms with E-state index < -0.39 is 0 Å². The quantitative estimate of drug-likeness (QED) is 0.301. The van der Waals surface area contributed by atoms with E-state index in [1.54, 1.807) is 6.21 Å². The number of hydrogen-bond acceptors (Lipinski definition) is 3. The van der Waals surface area contributed by atoms with Gasteiger partial charge < -0.3 is 0 Å². The first-order chi connectivity index (χ1) is 13.6. The predicted octanol–water partition coefficient (Wildman–Crippen LogP) is 4.75. The van der Waals surface area contributed by atoms with Crippen LogP contribution in [-0.2, 0) is 6.42 Å². The average molecular weight is 389 g/mol. The molecular weight excluding hydrogens is 370 g/mol. The fourth-order valence-corrected chi connectivity index (χ4v) is 3.66. The number of nitrogens with one attached hydrogen (secondary N) is 2. The van der Waals surface area contributed by atoms with E-state index in [0.717, 1.165) is 45.6 Å². The van der Waals surface area contributed by atoms with Crippen LogP contribution in [-0.4, -0.2) is 11.2 Å². The van der Waals surface area contributed by atoms with Crippen molar-refractivity contribution in [3.63, 3.8) is 0 Å². The van der Waals surface area contributed by atoms with Crippen LogP contribution in [0.3, 0.4) is 0 Å². The molecule has 0 bridgehead atoms. The smallest absolute Gasteiger partial charge is 0.253 e. The fraction of sp³-hybridized carbons (Fsp3) is 0.136. The van der Waals surface area contributed by atoms with E-state index in [9.17, 15) is 5.26 Å². The highest BCUT2D eigenvalue weighted by molar-refractivity contribution is 6.30. The van der Waals surface area contributed by atoms with Crippen LogP contribution < -0.4 is 9.83 Å². The van der Waals surface area contributed by atoms with Gasteiger partial charge in [0.05, 0.1) is 6.21 Å². The molecule has 0 saturated heterocycles. The van der Waals surface area contributed by atoms with Crippen LogP contribution in [0, 0.1) is 18.3 Å². The number of nitriles is 1. The van der Waals surface area contributed by atoms with Crippen molar-refractivity contribution in [1.82, 2.24) is 4.98 Å². The van der Waals surface area contributed by atoms with Crippen molar-refractivity contribution in [2.45, 2.75) is 20.3 Å². The van der Waals surface area contributed by atoms with Gasteiger partial charge in [-0.2, -0.15) is 15.1 Å². The molecule has 0 atom stereocenters. The lowest BCUT2D eigenvalue weighted by Gasteiger charge is -2.10. The molecule has 6 heteroatoms. The minimum absolute atomic E-state index is 0.653. The summed E-state index contributed by atoms with van der Waals surface area (Å²) in [6.07, 6.45) is 2.53. The molecule has 0 aliphatic heterocycles. The summed E-state index contributed by atoms with van der Waals surface area (Å²) in [7, 11) is 0. The number of para-hydroxylation sites is 2. The van der Waals surface area contributed by atoms with Crippen molar-refractivity contribution in [3.05, 3.63) is 75.8 Å². The first kappa shape index (κ1) is 18.0. The third-order valence-corrected chi connectivity index (χ3v) is 5.17.